The van der Waals surface area contributed by atoms with E-state index >= 15 is 0 Å². The third kappa shape index (κ3) is 6.41. The van der Waals surface area contributed by atoms with E-state index in [-0.39, 0.29) is 24.0 Å². The van der Waals surface area contributed by atoms with Crippen LogP contribution >= 0.6 is 24.0 Å². The number of nitrogens with zero attached hydrogens (tertiary/aromatic N) is 2. The molecule has 1 saturated carbocycles. The normalized spacial score (nSPS) is 20.1. The van der Waals surface area contributed by atoms with Gasteiger partial charge in [0.05, 0.1) is 13.7 Å². The fourth-order valence-electron chi connectivity index (χ4n) is 3.47. The minimum absolute atomic E-state index is 0. The highest BCUT2D eigenvalue weighted by molar-refractivity contribution is 14.0. The van der Waals surface area contributed by atoms with Gasteiger partial charge in [0.25, 0.3) is 0 Å². The molecule has 3 rings (SSSR count). The Bertz CT molecular complexity index is 622. The van der Waals surface area contributed by atoms with Crippen LogP contribution in [0.1, 0.15) is 33.1 Å². The lowest BCUT2D eigenvalue weighted by Gasteiger charge is -2.16. The summed E-state index contributed by atoms with van der Waals surface area (Å²) < 4.78 is 11.0. The van der Waals surface area contributed by atoms with Gasteiger partial charge in [-0.2, -0.15) is 0 Å². The zero-order valence-electron chi connectivity index (χ0n) is 16.7. The van der Waals surface area contributed by atoms with Gasteiger partial charge in [0, 0.05) is 37.4 Å². The van der Waals surface area contributed by atoms with Crippen molar-refractivity contribution in [2.24, 2.45) is 10.9 Å². The maximum Gasteiger partial charge on any atom is 0.195 e. The number of aliphatic imine (C=N–C) groups is 1. The fraction of sp³-hybridized carbons (Fsp3) is 0.650. The van der Waals surface area contributed by atoms with Gasteiger partial charge < -0.3 is 25.0 Å². The minimum atomic E-state index is 0. The molecular formula is C20H33IN4O2. The van der Waals surface area contributed by atoms with Crippen molar-refractivity contribution in [3.05, 3.63) is 18.2 Å². The monoisotopic (exact) mass is 488 g/mol. The number of hydrogen-bond acceptors (Lipinski definition) is 4. The lowest BCUT2D eigenvalue weighted by molar-refractivity contribution is 0.311. The van der Waals surface area contributed by atoms with E-state index in [9.17, 15) is 0 Å². The van der Waals surface area contributed by atoms with E-state index in [1.54, 1.807) is 7.11 Å². The van der Waals surface area contributed by atoms with Crippen molar-refractivity contribution in [2.45, 2.75) is 39.2 Å². The van der Waals surface area contributed by atoms with Gasteiger partial charge in [-0.1, -0.05) is 0 Å². The van der Waals surface area contributed by atoms with Crippen molar-refractivity contribution in [3.8, 4) is 11.5 Å². The molecule has 7 heteroatoms. The Hall–Kier alpha value is -1.22. The Morgan fingerprint density at radius 1 is 1.22 bits per heavy atom. The van der Waals surface area contributed by atoms with Crippen LogP contribution in [0.15, 0.2) is 23.2 Å². The summed E-state index contributed by atoms with van der Waals surface area (Å²) >= 11 is 0. The van der Waals surface area contributed by atoms with Gasteiger partial charge in [-0.05, 0) is 57.7 Å². The van der Waals surface area contributed by atoms with Crippen LogP contribution < -0.4 is 20.1 Å². The number of halogens is 1. The fourth-order valence-corrected chi connectivity index (χ4v) is 3.47. The molecule has 1 aliphatic carbocycles. The van der Waals surface area contributed by atoms with Crippen LogP contribution in [-0.4, -0.2) is 56.8 Å². The summed E-state index contributed by atoms with van der Waals surface area (Å²) in [6.07, 6.45) is 4.04. The number of rotatable bonds is 8. The van der Waals surface area contributed by atoms with Gasteiger partial charge in [0.15, 0.2) is 17.5 Å². The lowest BCUT2D eigenvalue weighted by atomic mass is 10.1. The maximum atomic E-state index is 5.58. The van der Waals surface area contributed by atoms with Crippen LogP contribution in [0.4, 0.5) is 5.69 Å². The molecule has 1 saturated heterocycles. The molecule has 0 amide bonds. The third-order valence-electron chi connectivity index (χ3n) is 4.96. The van der Waals surface area contributed by atoms with Crippen molar-refractivity contribution in [1.29, 1.82) is 0 Å². The van der Waals surface area contributed by atoms with Crippen LogP contribution in [0.3, 0.4) is 0 Å². The quantitative estimate of drug-likeness (QED) is 0.333. The van der Waals surface area contributed by atoms with Crippen LogP contribution in [0.2, 0.25) is 0 Å². The third-order valence-corrected chi connectivity index (χ3v) is 4.96. The highest BCUT2D eigenvalue weighted by Crippen LogP contribution is 2.32. The number of guanidine groups is 1. The molecule has 1 aliphatic heterocycles. The average molecular weight is 488 g/mol. The van der Waals surface area contributed by atoms with Gasteiger partial charge in [0.2, 0.25) is 0 Å². The molecule has 1 heterocycles. The molecule has 1 aromatic rings. The second-order valence-electron chi connectivity index (χ2n) is 7.02. The summed E-state index contributed by atoms with van der Waals surface area (Å²) in [7, 11) is 1.66. The Balaban J connectivity index is 0.00000261. The number of hydrogen-bond donors (Lipinski definition) is 2. The molecule has 6 nitrogen and oxygen atoms in total. The van der Waals surface area contributed by atoms with Gasteiger partial charge in [-0.15, -0.1) is 24.0 Å². The van der Waals surface area contributed by atoms with Crippen LogP contribution in [-0.2, 0) is 0 Å². The molecule has 27 heavy (non-hydrogen) atoms. The molecule has 0 radical (unpaired) electrons. The number of anilines is 1. The predicted octanol–water partition coefficient (Wildman–Crippen LogP) is 3.57. The molecule has 2 N–H and O–H groups in total. The van der Waals surface area contributed by atoms with E-state index in [2.05, 4.69) is 22.5 Å². The molecule has 0 bridgehead atoms. The molecule has 0 spiro atoms. The van der Waals surface area contributed by atoms with Crippen LogP contribution in [0.25, 0.3) is 0 Å². The first-order valence-electron chi connectivity index (χ1n) is 9.83. The average Bonchev–Trinajstić information content (AvgIpc) is 3.39. The van der Waals surface area contributed by atoms with Crippen LogP contribution in [0, 0.1) is 5.92 Å². The second-order valence-corrected chi connectivity index (χ2v) is 7.02. The van der Waals surface area contributed by atoms with E-state index in [1.165, 1.54) is 32.4 Å². The van der Waals surface area contributed by atoms with Crippen molar-refractivity contribution in [1.82, 2.24) is 10.2 Å². The summed E-state index contributed by atoms with van der Waals surface area (Å²) in [6, 6.07) is 6.73. The van der Waals surface area contributed by atoms with Crippen LogP contribution in [0.5, 0.6) is 11.5 Å². The summed E-state index contributed by atoms with van der Waals surface area (Å²) in [6.45, 7) is 8.81. The predicted molar refractivity (Wildman–Crippen MR) is 122 cm³/mol. The number of ether oxygens (including phenoxy) is 2. The molecule has 152 valence electrons. The Morgan fingerprint density at radius 3 is 2.70 bits per heavy atom. The molecule has 1 atom stereocenters. The molecule has 2 fully saturated rings. The van der Waals surface area contributed by atoms with Crippen molar-refractivity contribution >= 4 is 35.6 Å². The molecule has 1 aromatic carbocycles. The molecular weight excluding hydrogens is 455 g/mol. The van der Waals surface area contributed by atoms with Crippen molar-refractivity contribution in [3.63, 3.8) is 0 Å². The van der Waals surface area contributed by atoms with E-state index in [4.69, 9.17) is 14.5 Å². The number of benzene rings is 1. The number of likely N-dealkylation sites (tertiary alicyclic amines) is 1. The largest absolute Gasteiger partial charge is 0.493 e. The van der Waals surface area contributed by atoms with Gasteiger partial charge in [-0.25, -0.2) is 0 Å². The van der Waals surface area contributed by atoms with Crippen molar-refractivity contribution in [2.75, 3.05) is 45.2 Å². The van der Waals surface area contributed by atoms with Crippen molar-refractivity contribution < 1.29 is 9.47 Å². The second kappa shape index (κ2) is 10.9. The van der Waals surface area contributed by atoms with Gasteiger partial charge in [-0.3, -0.25) is 4.99 Å². The van der Waals surface area contributed by atoms with E-state index in [0.29, 0.717) is 12.5 Å². The molecule has 1 unspecified atom stereocenters. The maximum absolute atomic E-state index is 5.58. The number of methoxy groups -OCH3 is 1. The Morgan fingerprint density at radius 2 is 2.04 bits per heavy atom. The van der Waals surface area contributed by atoms with Gasteiger partial charge in [0.1, 0.15) is 0 Å². The highest BCUT2D eigenvalue weighted by atomic mass is 127. The first-order chi connectivity index (χ1) is 12.7. The minimum Gasteiger partial charge on any atom is -0.493 e. The molecule has 2 aliphatic rings. The van der Waals surface area contributed by atoms with E-state index in [0.717, 1.165) is 42.3 Å². The first kappa shape index (κ1) is 22.1. The summed E-state index contributed by atoms with van der Waals surface area (Å²) in [5.74, 6) is 2.97. The zero-order valence-corrected chi connectivity index (χ0v) is 19.0. The number of nitrogens with one attached hydrogen (secondary N) is 2. The summed E-state index contributed by atoms with van der Waals surface area (Å²) in [5.41, 5.74) is 0.941. The Labute approximate surface area is 180 Å². The SMILES string of the molecule is CCNC(=NCC1CCN(C2CC2)C1)Nc1ccc(OCC)c(OC)c1.I. The topological polar surface area (TPSA) is 58.1 Å². The standard InChI is InChI=1S/C20H32N4O2.HI/c1-4-21-20(22-13-15-10-11-24(14-15)17-7-8-17)23-16-6-9-18(26-5-2)19(12-16)25-3;/h6,9,12,15,17H,4-5,7-8,10-11,13-14H2,1-3H3,(H2,21,22,23);1H. The van der Waals surface area contributed by atoms with Gasteiger partial charge >= 0.3 is 0 Å². The Kier molecular flexibility index (Phi) is 8.95. The lowest BCUT2D eigenvalue weighted by Crippen LogP contribution is -2.31. The zero-order chi connectivity index (χ0) is 18.4. The molecule has 0 aromatic heterocycles. The highest BCUT2D eigenvalue weighted by Gasteiger charge is 2.34. The van der Waals surface area contributed by atoms with E-state index < -0.39 is 0 Å². The summed E-state index contributed by atoms with van der Waals surface area (Å²) in [4.78, 5) is 7.45. The summed E-state index contributed by atoms with van der Waals surface area (Å²) in [5, 5.41) is 6.72. The van der Waals surface area contributed by atoms with E-state index in [1.807, 2.05) is 25.1 Å². The first-order valence-corrected chi connectivity index (χ1v) is 9.83. The smallest absolute Gasteiger partial charge is 0.195 e.